The summed E-state index contributed by atoms with van der Waals surface area (Å²) in [5.74, 6) is 1.84. The summed E-state index contributed by atoms with van der Waals surface area (Å²) >= 11 is 0. The molecule has 24 heavy (non-hydrogen) atoms. The molecule has 0 spiro atoms. The van der Waals surface area contributed by atoms with Gasteiger partial charge in [-0.15, -0.1) is 0 Å². The van der Waals surface area contributed by atoms with Crippen molar-refractivity contribution >= 4 is 0 Å². The van der Waals surface area contributed by atoms with E-state index in [1.54, 1.807) is 6.07 Å². The van der Waals surface area contributed by atoms with E-state index in [1.165, 1.54) is 12.5 Å². The summed E-state index contributed by atoms with van der Waals surface area (Å²) < 4.78 is 43.6. The number of benzene rings is 1. The first kappa shape index (κ1) is 17.0. The number of hydrogen-bond acceptors (Lipinski definition) is 4. The molecule has 1 aromatic heterocycles. The van der Waals surface area contributed by atoms with Crippen LogP contribution in [0.15, 0.2) is 28.8 Å². The van der Waals surface area contributed by atoms with Gasteiger partial charge in [0, 0.05) is 18.7 Å². The molecule has 0 aliphatic carbocycles. The lowest BCUT2D eigenvalue weighted by Crippen LogP contribution is -2.38. The molecule has 2 unspecified atom stereocenters. The number of rotatable bonds is 3. The zero-order valence-corrected chi connectivity index (χ0v) is 13.7. The minimum absolute atomic E-state index is 0.189. The third-order valence-electron chi connectivity index (χ3n) is 4.22. The number of halogens is 3. The van der Waals surface area contributed by atoms with Gasteiger partial charge in [-0.05, 0) is 30.4 Å². The van der Waals surface area contributed by atoms with Crippen LogP contribution in [0, 0.1) is 11.8 Å². The Morgan fingerprint density at radius 1 is 1.21 bits per heavy atom. The molecular formula is C17H20F3N3O. The van der Waals surface area contributed by atoms with Crippen LogP contribution in [-0.2, 0) is 12.7 Å². The van der Waals surface area contributed by atoms with E-state index in [4.69, 9.17) is 4.52 Å². The molecule has 0 saturated carbocycles. The van der Waals surface area contributed by atoms with Crippen LogP contribution >= 0.6 is 0 Å². The van der Waals surface area contributed by atoms with Gasteiger partial charge in [0.25, 0.3) is 0 Å². The van der Waals surface area contributed by atoms with Crippen molar-refractivity contribution < 1.29 is 17.7 Å². The van der Waals surface area contributed by atoms with Crippen molar-refractivity contribution in [3.63, 3.8) is 0 Å². The van der Waals surface area contributed by atoms with Crippen LogP contribution in [0.25, 0.3) is 11.4 Å². The smallest absolute Gasteiger partial charge is 0.338 e. The molecule has 1 aromatic carbocycles. The Kier molecular flexibility index (Phi) is 4.62. The van der Waals surface area contributed by atoms with Crippen molar-refractivity contribution in [3.8, 4) is 11.4 Å². The van der Waals surface area contributed by atoms with Gasteiger partial charge < -0.3 is 4.52 Å². The monoisotopic (exact) mass is 339 g/mol. The zero-order valence-electron chi connectivity index (χ0n) is 13.7. The van der Waals surface area contributed by atoms with Crippen molar-refractivity contribution in [2.75, 3.05) is 13.1 Å². The van der Waals surface area contributed by atoms with Crippen molar-refractivity contribution in [1.82, 2.24) is 15.0 Å². The van der Waals surface area contributed by atoms with Crippen molar-refractivity contribution in [2.24, 2.45) is 11.8 Å². The van der Waals surface area contributed by atoms with Crippen LogP contribution in [0.4, 0.5) is 13.2 Å². The highest BCUT2D eigenvalue weighted by Gasteiger charge is 2.31. The SMILES string of the molecule is CC1CC(C)CN(Cc2nc(-c3cccc(C(F)(F)F)c3)no2)C1. The second-order valence-corrected chi connectivity index (χ2v) is 6.73. The fraction of sp³-hybridized carbons (Fsp3) is 0.529. The maximum absolute atomic E-state index is 12.8. The Bertz CT molecular complexity index is 688. The first-order valence-corrected chi connectivity index (χ1v) is 8.04. The molecule has 1 fully saturated rings. The predicted molar refractivity (Wildman–Crippen MR) is 83.0 cm³/mol. The predicted octanol–water partition coefficient (Wildman–Crippen LogP) is 4.23. The van der Waals surface area contributed by atoms with Crippen molar-refractivity contribution in [2.45, 2.75) is 33.0 Å². The molecule has 0 N–H and O–H groups in total. The first-order valence-electron chi connectivity index (χ1n) is 8.04. The summed E-state index contributed by atoms with van der Waals surface area (Å²) in [6.45, 7) is 6.88. The summed E-state index contributed by atoms with van der Waals surface area (Å²) in [5, 5.41) is 3.83. The van der Waals surface area contributed by atoms with Gasteiger partial charge >= 0.3 is 6.18 Å². The fourth-order valence-electron chi connectivity index (χ4n) is 3.38. The van der Waals surface area contributed by atoms with E-state index >= 15 is 0 Å². The maximum Gasteiger partial charge on any atom is 0.416 e. The van der Waals surface area contributed by atoms with E-state index < -0.39 is 11.7 Å². The van der Waals surface area contributed by atoms with E-state index in [2.05, 4.69) is 28.9 Å². The number of hydrogen-bond donors (Lipinski definition) is 0. The molecule has 2 aromatic rings. The lowest BCUT2D eigenvalue weighted by atomic mass is 9.92. The molecule has 4 nitrogen and oxygen atoms in total. The van der Waals surface area contributed by atoms with E-state index in [9.17, 15) is 13.2 Å². The van der Waals surface area contributed by atoms with E-state index in [0.717, 1.165) is 25.2 Å². The molecule has 2 heterocycles. The van der Waals surface area contributed by atoms with Crippen LogP contribution in [0.2, 0.25) is 0 Å². The Balaban J connectivity index is 1.74. The summed E-state index contributed by atoms with van der Waals surface area (Å²) in [6, 6.07) is 4.97. The Hall–Kier alpha value is -1.89. The molecule has 130 valence electrons. The van der Waals surface area contributed by atoms with Crippen LogP contribution < -0.4 is 0 Å². The molecule has 1 aliphatic rings. The van der Waals surface area contributed by atoms with Gasteiger partial charge in [0.1, 0.15) is 0 Å². The second kappa shape index (κ2) is 6.55. The Labute approximate surface area is 138 Å². The maximum atomic E-state index is 12.8. The second-order valence-electron chi connectivity index (χ2n) is 6.73. The number of likely N-dealkylation sites (tertiary alicyclic amines) is 1. The third kappa shape index (κ3) is 3.95. The lowest BCUT2D eigenvalue weighted by Gasteiger charge is -2.33. The number of nitrogens with zero attached hydrogens (tertiary/aromatic N) is 3. The molecule has 2 atom stereocenters. The minimum atomic E-state index is -4.39. The highest BCUT2D eigenvalue weighted by molar-refractivity contribution is 5.55. The van der Waals surface area contributed by atoms with Crippen molar-refractivity contribution in [3.05, 3.63) is 35.7 Å². The van der Waals surface area contributed by atoms with Gasteiger partial charge in [-0.1, -0.05) is 31.1 Å². The highest BCUT2D eigenvalue weighted by Crippen LogP contribution is 2.31. The third-order valence-corrected chi connectivity index (χ3v) is 4.22. The molecule has 1 aliphatic heterocycles. The van der Waals surface area contributed by atoms with E-state index in [-0.39, 0.29) is 5.82 Å². The highest BCUT2D eigenvalue weighted by atomic mass is 19.4. The van der Waals surface area contributed by atoms with Crippen LogP contribution in [0.1, 0.15) is 31.7 Å². The quantitative estimate of drug-likeness (QED) is 0.839. The summed E-state index contributed by atoms with van der Waals surface area (Å²) in [7, 11) is 0. The minimum Gasteiger partial charge on any atom is -0.338 e. The topological polar surface area (TPSA) is 42.2 Å². The van der Waals surface area contributed by atoms with Gasteiger partial charge in [-0.3, -0.25) is 4.90 Å². The normalized spacial score (nSPS) is 22.7. The van der Waals surface area contributed by atoms with Crippen LogP contribution in [0.3, 0.4) is 0 Å². The molecule has 1 saturated heterocycles. The molecule has 0 bridgehead atoms. The molecule has 0 radical (unpaired) electrons. The largest absolute Gasteiger partial charge is 0.416 e. The number of piperidine rings is 1. The first-order chi connectivity index (χ1) is 11.3. The van der Waals surface area contributed by atoms with Gasteiger partial charge in [-0.2, -0.15) is 18.2 Å². The summed E-state index contributed by atoms with van der Waals surface area (Å²) in [4.78, 5) is 6.51. The van der Waals surface area contributed by atoms with Crippen LogP contribution in [-0.4, -0.2) is 28.1 Å². The fourth-order valence-corrected chi connectivity index (χ4v) is 3.38. The average molecular weight is 339 g/mol. The van der Waals surface area contributed by atoms with Gasteiger partial charge in [0.15, 0.2) is 0 Å². The number of aromatic nitrogens is 2. The zero-order chi connectivity index (χ0) is 17.3. The number of alkyl halides is 3. The standard InChI is InChI=1S/C17H20F3N3O/c1-11-6-12(2)9-23(8-11)10-15-21-16(22-24-15)13-4-3-5-14(7-13)17(18,19)20/h3-5,7,11-12H,6,8-10H2,1-2H3. The van der Waals surface area contributed by atoms with E-state index in [0.29, 0.717) is 29.8 Å². The average Bonchev–Trinajstić information content (AvgIpc) is 2.94. The summed E-state index contributed by atoms with van der Waals surface area (Å²) in [6.07, 6.45) is -3.18. The molecule has 7 heteroatoms. The molecule has 0 amide bonds. The van der Waals surface area contributed by atoms with Crippen LogP contribution in [0.5, 0.6) is 0 Å². The van der Waals surface area contributed by atoms with Gasteiger partial charge in [-0.25, -0.2) is 0 Å². The van der Waals surface area contributed by atoms with Gasteiger partial charge in [0.05, 0.1) is 12.1 Å². The summed E-state index contributed by atoms with van der Waals surface area (Å²) in [5.41, 5.74) is -0.412. The van der Waals surface area contributed by atoms with Gasteiger partial charge in [0.2, 0.25) is 11.7 Å². The molecular weight excluding hydrogens is 319 g/mol. The lowest BCUT2D eigenvalue weighted by molar-refractivity contribution is -0.137. The van der Waals surface area contributed by atoms with E-state index in [1.807, 2.05) is 0 Å². The Morgan fingerprint density at radius 2 is 1.92 bits per heavy atom. The molecule has 3 rings (SSSR count). The van der Waals surface area contributed by atoms with Crippen molar-refractivity contribution in [1.29, 1.82) is 0 Å². The Morgan fingerprint density at radius 3 is 2.58 bits per heavy atom.